The summed E-state index contributed by atoms with van der Waals surface area (Å²) in [5.41, 5.74) is 0.936. The van der Waals surface area contributed by atoms with Crippen molar-refractivity contribution in [3.05, 3.63) is 52.0 Å². The molecule has 1 amide bonds. The summed E-state index contributed by atoms with van der Waals surface area (Å²) in [6, 6.07) is 8.92. The van der Waals surface area contributed by atoms with Crippen LogP contribution in [0, 0.1) is 6.92 Å². The van der Waals surface area contributed by atoms with Gasteiger partial charge in [0.15, 0.2) is 0 Å². The molecule has 2 aromatic carbocycles. The van der Waals surface area contributed by atoms with Crippen LogP contribution in [0.25, 0.3) is 0 Å². The second kappa shape index (κ2) is 8.29. The summed E-state index contributed by atoms with van der Waals surface area (Å²) in [4.78, 5) is 13.0. The Morgan fingerprint density at radius 3 is 2.71 bits per heavy atom. The molecule has 1 fully saturated rings. The number of carbonyl (C=O) groups excluding carboxylic acids is 1. The van der Waals surface area contributed by atoms with Gasteiger partial charge in [0, 0.05) is 12.6 Å². The van der Waals surface area contributed by atoms with Gasteiger partial charge in [-0.15, -0.1) is 0 Å². The van der Waals surface area contributed by atoms with Gasteiger partial charge in [0.25, 0.3) is 0 Å². The number of nitrogens with one attached hydrogen (secondary N) is 1. The number of amides is 1. The SMILES string of the molecule is COc1ccc(C)c(S(=O)(=O)N2CCC[C@H]2C(=O)Nc2cccc(Cl)c2Cl)c1. The molecule has 1 heterocycles. The molecule has 0 bridgehead atoms. The molecule has 150 valence electrons. The van der Waals surface area contributed by atoms with Gasteiger partial charge in [-0.05, 0) is 43.5 Å². The van der Waals surface area contributed by atoms with Gasteiger partial charge >= 0.3 is 0 Å². The Kier molecular flexibility index (Phi) is 6.19. The van der Waals surface area contributed by atoms with E-state index in [1.54, 1.807) is 37.3 Å². The van der Waals surface area contributed by atoms with Gasteiger partial charge in [-0.1, -0.05) is 35.3 Å². The maximum absolute atomic E-state index is 13.3. The van der Waals surface area contributed by atoms with Crippen molar-refractivity contribution < 1.29 is 17.9 Å². The summed E-state index contributed by atoms with van der Waals surface area (Å²) >= 11 is 12.1. The molecule has 2 aromatic rings. The summed E-state index contributed by atoms with van der Waals surface area (Å²) in [7, 11) is -2.40. The van der Waals surface area contributed by atoms with Crippen molar-refractivity contribution in [2.75, 3.05) is 19.0 Å². The van der Waals surface area contributed by atoms with Gasteiger partial charge in [-0.25, -0.2) is 8.42 Å². The van der Waals surface area contributed by atoms with E-state index in [0.717, 1.165) is 0 Å². The minimum absolute atomic E-state index is 0.132. The molecule has 1 saturated heterocycles. The van der Waals surface area contributed by atoms with Crippen LogP contribution < -0.4 is 10.1 Å². The average Bonchev–Trinajstić information content (AvgIpc) is 3.16. The zero-order valence-electron chi connectivity index (χ0n) is 15.4. The van der Waals surface area contributed by atoms with E-state index in [4.69, 9.17) is 27.9 Å². The van der Waals surface area contributed by atoms with Crippen molar-refractivity contribution in [1.82, 2.24) is 4.31 Å². The summed E-state index contributed by atoms with van der Waals surface area (Å²) in [6.07, 6.45) is 1.01. The first-order chi connectivity index (χ1) is 13.3. The number of hydrogen-bond acceptors (Lipinski definition) is 4. The fraction of sp³-hybridized carbons (Fsp3) is 0.316. The lowest BCUT2D eigenvalue weighted by molar-refractivity contribution is -0.119. The van der Waals surface area contributed by atoms with Crippen molar-refractivity contribution in [3.63, 3.8) is 0 Å². The minimum atomic E-state index is -3.87. The van der Waals surface area contributed by atoms with Crippen molar-refractivity contribution in [3.8, 4) is 5.75 Å². The molecule has 0 radical (unpaired) electrons. The van der Waals surface area contributed by atoms with E-state index >= 15 is 0 Å². The molecule has 1 aliphatic rings. The van der Waals surface area contributed by atoms with E-state index in [1.807, 2.05) is 0 Å². The number of benzene rings is 2. The topological polar surface area (TPSA) is 75.7 Å². The molecule has 0 aromatic heterocycles. The number of sulfonamides is 1. The van der Waals surface area contributed by atoms with Gasteiger partial charge in [0.2, 0.25) is 15.9 Å². The van der Waals surface area contributed by atoms with Crippen LogP contribution in [0.1, 0.15) is 18.4 Å². The number of hydrogen-bond donors (Lipinski definition) is 1. The molecule has 6 nitrogen and oxygen atoms in total. The molecule has 3 rings (SSSR count). The van der Waals surface area contributed by atoms with Crippen LogP contribution in [-0.4, -0.2) is 38.3 Å². The maximum atomic E-state index is 13.3. The quantitative estimate of drug-likeness (QED) is 0.755. The van der Waals surface area contributed by atoms with E-state index in [2.05, 4.69) is 5.32 Å². The molecular formula is C19H20Cl2N2O4S. The van der Waals surface area contributed by atoms with E-state index in [-0.39, 0.29) is 16.5 Å². The van der Waals surface area contributed by atoms with Crippen molar-refractivity contribution in [1.29, 1.82) is 0 Å². The normalized spacial score (nSPS) is 17.5. The lowest BCUT2D eigenvalue weighted by Crippen LogP contribution is -2.43. The number of methoxy groups -OCH3 is 1. The third-order valence-electron chi connectivity index (χ3n) is 4.70. The molecule has 1 aliphatic heterocycles. The number of aryl methyl sites for hydroxylation is 1. The number of rotatable bonds is 5. The number of carbonyl (C=O) groups is 1. The van der Waals surface area contributed by atoms with Crippen LogP contribution in [-0.2, 0) is 14.8 Å². The Balaban J connectivity index is 1.90. The summed E-state index contributed by atoms with van der Waals surface area (Å²) in [5.74, 6) is 0.000809. The fourth-order valence-electron chi connectivity index (χ4n) is 3.22. The zero-order chi connectivity index (χ0) is 20.5. The van der Waals surface area contributed by atoms with Crippen LogP contribution in [0.15, 0.2) is 41.3 Å². The Hall–Kier alpha value is -1.80. The largest absolute Gasteiger partial charge is 0.497 e. The predicted octanol–water partition coefficient (Wildman–Crippen LogP) is 4.10. The molecule has 28 heavy (non-hydrogen) atoms. The smallest absolute Gasteiger partial charge is 0.244 e. The highest BCUT2D eigenvalue weighted by molar-refractivity contribution is 7.89. The average molecular weight is 443 g/mol. The summed E-state index contributed by atoms with van der Waals surface area (Å²) in [5, 5.41) is 3.22. The Morgan fingerprint density at radius 1 is 1.25 bits per heavy atom. The van der Waals surface area contributed by atoms with Gasteiger partial charge in [-0.3, -0.25) is 4.79 Å². The summed E-state index contributed by atoms with van der Waals surface area (Å²) < 4.78 is 32.9. The second-order valence-electron chi connectivity index (χ2n) is 6.50. The monoisotopic (exact) mass is 442 g/mol. The molecule has 9 heteroatoms. The number of halogens is 2. The van der Waals surface area contributed by atoms with Gasteiger partial charge in [0.1, 0.15) is 11.8 Å². The van der Waals surface area contributed by atoms with Crippen molar-refractivity contribution in [2.45, 2.75) is 30.7 Å². The third kappa shape index (κ3) is 3.98. The molecule has 0 unspecified atom stereocenters. The number of nitrogens with zero attached hydrogens (tertiary/aromatic N) is 1. The van der Waals surface area contributed by atoms with Crippen LogP contribution in [0.2, 0.25) is 10.0 Å². The lowest BCUT2D eigenvalue weighted by Gasteiger charge is -2.24. The molecule has 0 spiro atoms. The second-order valence-corrected chi connectivity index (χ2v) is 9.14. The number of anilines is 1. The van der Waals surface area contributed by atoms with E-state index in [9.17, 15) is 13.2 Å². The standard InChI is InChI=1S/C19H20Cl2N2O4S/c1-12-8-9-13(27-2)11-17(12)28(25,26)23-10-4-7-16(23)19(24)22-15-6-3-5-14(20)18(15)21/h3,5-6,8-9,11,16H,4,7,10H2,1-2H3,(H,22,24)/t16-/m0/s1. The highest BCUT2D eigenvalue weighted by Crippen LogP contribution is 2.33. The Morgan fingerprint density at radius 2 is 2.00 bits per heavy atom. The van der Waals surface area contributed by atoms with Crippen LogP contribution in [0.5, 0.6) is 5.75 Å². The Bertz CT molecular complexity index is 1010. The minimum Gasteiger partial charge on any atom is -0.497 e. The van der Waals surface area contributed by atoms with Crippen LogP contribution >= 0.6 is 23.2 Å². The summed E-state index contributed by atoms with van der Waals surface area (Å²) in [6.45, 7) is 1.98. The fourth-order valence-corrected chi connectivity index (χ4v) is 5.46. The molecule has 0 aliphatic carbocycles. The first-order valence-corrected chi connectivity index (χ1v) is 10.9. The highest BCUT2D eigenvalue weighted by Gasteiger charge is 2.40. The van der Waals surface area contributed by atoms with E-state index < -0.39 is 22.0 Å². The molecule has 1 N–H and O–H groups in total. The van der Waals surface area contributed by atoms with Crippen molar-refractivity contribution >= 4 is 44.8 Å². The maximum Gasteiger partial charge on any atom is 0.244 e. The van der Waals surface area contributed by atoms with Gasteiger partial charge in [0.05, 0.1) is 27.7 Å². The molecule has 0 saturated carbocycles. The highest BCUT2D eigenvalue weighted by atomic mass is 35.5. The van der Waals surface area contributed by atoms with Gasteiger partial charge in [-0.2, -0.15) is 4.31 Å². The molecule has 1 atom stereocenters. The van der Waals surface area contributed by atoms with E-state index in [0.29, 0.717) is 34.9 Å². The molecular weight excluding hydrogens is 423 g/mol. The lowest BCUT2D eigenvalue weighted by atomic mass is 10.2. The van der Waals surface area contributed by atoms with E-state index in [1.165, 1.54) is 17.5 Å². The van der Waals surface area contributed by atoms with Gasteiger partial charge < -0.3 is 10.1 Å². The predicted molar refractivity (Wildman–Crippen MR) is 110 cm³/mol. The van der Waals surface area contributed by atoms with Crippen molar-refractivity contribution in [2.24, 2.45) is 0 Å². The third-order valence-corrected chi connectivity index (χ3v) is 7.57. The van der Waals surface area contributed by atoms with Crippen LogP contribution in [0.3, 0.4) is 0 Å². The first-order valence-electron chi connectivity index (χ1n) is 8.67. The first kappa shape index (κ1) is 20.9. The zero-order valence-corrected chi connectivity index (χ0v) is 17.7. The van der Waals surface area contributed by atoms with Crippen LogP contribution in [0.4, 0.5) is 5.69 Å². The number of ether oxygens (including phenoxy) is 1. The Labute approximate surface area is 174 Å².